The van der Waals surface area contributed by atoms with Crippen molar-refractivity contribution in [2.75, 3.05) is 0 Å². The van der Waals surface area contributed by atoms with Crippen LogP contribution in [0.2, 0.25) is 0 Å². The molecule has 0 heterocycles. The molecule has 2 aromatic rings. The number of carbonyl (C=O) groups excluding carboxylic acids is 1. The maximum atomic E-state index is 14.0. The van der Waals surface area contributed by atoms with Crippen molar-refractivity contribution in [1.82, 2.24) is 5.32 Å². The van der Waals surface area contributed by atoms with Gasteiger partial charge in [0.25, 0.3) is 5.91 Å². The molecule has 0 aliphatic heterocycles. The second kappa shape index (κ2) is 6.08. The number of amides is 1. The molecule has 0 saturated heterocycles. The van der Waals surface area contributed by atoms with Crippen LogP contribution in [0, 0.1) is 26.6 Å². The fourth-order valence-corrected chi connectivity index (χ4v) is 2.49. The molecule has 3 heteroatoms. The van der Waals surface area contributed by atoms with Crippen LogP contribution in [-0.4, -0.2) is 5.91 Å². The first kappa shape index (κ1) is 15.2. The van der Waals surface area contributed by atoms with Gasteiger partial charge in [-0.3, -0.25) is 4.79 Å². The van der Waals surface area contributed by atoms with E-state index < -0.39 is 5.82 Å². The summed E-state index contributed by atoms with van der Waals surface area (Å²) in [7, 11) is 0. The predicted octanol–water partition coefficient (Wildman–Crippen LogP) is 4.24. The minimum absolute atomic E-state index is 0.0895. The number of rotatable bonds is 3. The van der Waals surface area contributed by atoms with Crippen LogP contribution in [0.15, 0.2) is 36.4 Å². The number of hydrogen-bond acceptors (Lipinski definition) is 1. The van der Waals surface area contributed by atoms with Crippen LogP contribution in [-0.2, 0) is 0 Å². The summed E-state index contributed by atoms with van der Waals surface area (Å²) in [4.78, 5) is 12.2. The predicted molar refractivity (Wildman–Crippen MR) is 82.9 cm³/mol. The SMILES string of the molecule is Cc1ccc(C(C)NC(=O)c2cccc(C)c2F)c(C)c1. The van der Waals surface area contributed by atoms with Crippen LogP contribution in [0.4, 0.5) is 4.39 Å². The number of hydrogen-bond donors (Lipinski definition) is 1. The van der Waals surface area contributed by atoms with Crippen molar-refractivity contribution in [2.24, 2.45) is 0 Å². The standard InChI is InChI=1S/C18H20FNO/c1-11-8-9-15(13(3)10-11)14(4)20-18(21)16-7-5-6-12(2)17(16)19/h5-10,14H,1-4H3,(H,20,21). The van der Waals surface area contributed by atoms with E-state index in [2.05, 4.69) is 11.4 Å². The zero-order chi connectivity index (χ0) is 15.6. The second-order valence-corrected chi connectivity index (χ2v) is 5.49. The highest BCUT2D eigenvalue weighted by Crippen LogP contribution is 2.20. The number of benzene rings is 2. The van der Waals surface area contributed by atoms with Gasteiger partial charge in [-0.15, -0.1) is 0 Å². The van der Waals surface area contributed by atoms with Gasteiger partial charge in [-0.1, -0.05) is 35.9 Å². The summed E-state index contributed by atoms with van der Waals surface area (Å²) in [6, 6.07) is 10.8. The molecule has 0 saturated carbocycles. The first-order valence-electron chi connectivity index (χ1n) is 7.03. The molecule has 0 aromatic heterocycles. The summed E-state index contributed by atoms with van der Waals surface area (Å²) in [5.41, 5.74) is 3.91. The average molecular weight is 285 g/mol. The van der Waals surface area contributed by atoms with Gasteiger partial charge in [0.2, 0.25) is 0 Å². The molecule has 0 bridgehead atoms. The van der Waals surface area contributed by atoms with Crippen molar-refractivity contribution in [2.45, 2.75) is 33.7 Å². The molecule has 1 unspecified atom stereocenters. The largest absolute Gasteiger partial charge is 0.345 e. The van der Waals surface area contributed by atoms with Crippen LogP contribution in [0.5, 0.6) is 0 Å². The molecule has 2 rings (SSSR count). The molecule has 0 fully saturated rings. The topological polar surface area (TPSA) is 29.1 Å². The van der Waals surface area contributed by atoms with Crippen molar-refractivity contribution in [3.8, 4) is 0 Å². The lowest BCUT2D eigenvalue weighted by atomic mass is 10.00. The van der Waals surface area contributed by atoms with Crippen molar-refractivity contribution in [3.63, 3.8) is 0 Å². The Bertz CT molecular complexity index is 679. The number of halogens is 1. The highest BCUT2D eigenvalue weighted by Gasteiger charge is 2.17. The zero-order valence-corrected chi connectivity index (χ0v) is 12.8. The molecule has 21 heavy (non-hydrogen) atoms. The molecule has 1 atom stereocenters. The monoisotopic (exact) mass is 285 g/mol. The number of aryl methyl sites for hydroxylation is 3. The number of nitrogens with one attached hydrogen (secondary N) is 1. The van der Waals surface area contributed by atoms with E-state index in [-0.39, 0.29) is 17.5 Å². The summed E-state index contributed by atoms with van der Waals surface area (Å²) < 4.78 is 14.0. The van der Waals surface area contributed by atoms with Crippen LogP contribution in [0.3, 0.4) is 0 Å². The van der Waals surface area contributed by atoms with Crippen molar-refractivity contribution in [1.29, 1.82) is 0 Å². The van der Waals surface area contributed by atoms with E-state index in [0.29, 0.717) is 5.56 Å². The normalized spacial score (nSPS) is 12.0. The molecule has 2 nitrogen and oxygen atoms in total. The maximum Gasteiger partial charge on any atom is 0.254 e. The minimum atomic E-state index is -0.456. The molecular weight excluding hydrogens is 265 g/mol. The van der Waals surface area contributed by atoms with E-state index >= 15 is 0 Å². The highest BCUT2D eigenvalue weighted by molar-refractivity contribution is 5.94. The van der Waals surface area contributed by atoms with Gasteiger partial charge in [0.05, 0.1) is 11.6 Å². The molecule has 0 radical (unpaired) electrons. The van der Waals surface area contributed by atoms with Gasteiger partial charge in [0, 0.05) is 0 Å². The Hall–Kier alpha value is -2.16. The molecule has 0 aliphatic rings. The first-order chi connectivity index (χ1) is 9.90. The third kappa shape index (κ3) is 3.30. The van der Waals surface area contributed by atoms with E-state index in [1.807, 2.05) is 32.9 Å². The van der Waals surface area contributed by atoms with Crippen LogP contribution in [0.1, 0.15) is 45.6 Å². The first-order valence-corrected chi connectivity index (χ1v) is 7.03. The van der Waals surface area contributed by atoms with E-state index in [9.17, 15) is 9.18 Å². The van der Waals surface area contributed by atoms with Gasteiger partial charge in [-0.25, -0.2) is 4.39 Å². The fourth-order valence-electron chi connectivity index (χ4n) is 2.49. The molecular formula is C18H20FNO. The van der Waals surface area contributed by atoms with Gasteiger partial charge >= 0.3 is 0 Å². The van der Waals surface area contributed by atoms with E-state index in [4.69, 9.17) is 0 Å². The summed E-state index contributed by atoms with van der Waals surface area (Å²) in [5, 5.41) is 2.86. The Kier molecular flexibility index (Phi) is 4.41. The van der Waals surface area contributed by atoms with Gasteiger partial charge in [-0.05, 0) is 50.5 Å². The molecule has 0 spiro atoms. The van der Waals surface area contributed by atoms with Gasteiger partial charge in [-0.2, -0.15) is 0 Å². The van der Waals surface area contributed by atoms with Crippen LogP contribution >= 0.6 is 0 Å². The minimum Gasteiger partial charge on any atom is -0.345 e. The van der Waals surface area contributed by atoms with E-state index in [1.165, 1.54) is 11.6 Å². The summed E-state index contributed by atoms with van der Waals surface area (Å²) in [6.07, 6.45) is 0. The lowest BCUT2D eigenvalue weighted by Crippen LogP contribution is -2.28. The third-order valence-corrected chi connectivity index (χ3v) is 3.68. The smallest absolute Gasteiger partial charge is 0.254 e. The second-order valence-electron chi connectivity index (χ2n) is 5.49. The average Bonchev–Trinajstić information content (AvgIpc) is 2.41. The van der Waals surface area contributed by atoms with Crippen molar-refractivity contribution < 1.29 is 9.18 Å². The quantitative estimate of drug-likeness (QED) is 0.897. The van der Waals surface area contributed by atoms with E-state index in [1.54, 1.807) is 19.1 Å². The summed E-state index contributed by atoms with van der Waals surface area (Å²) >= 11 is 0. The van der Waals surface area contributed by atoms with Crippen molar-refractivity contribution >= 4 is 5.91 Å². The van der Waals surface area contributed by atoms with Gasteiger partial charge in [0.15, 0.2) is 0 Å². The van der Waals surface area contributed by atoms with Crippen LogP contribution in [0.25, 0.3) is 0 Å². The lowest BCUT2D eigenvalue weighted by Gasteiger charge is -2.17. The number of carbonyl (C=O) groups is 1. The highest BCUT2D eigenvalue weighted by atomic mass is 19.1. The molecule has 0 aliphatic carbocycles. The molecule has 1 N–H and O–H groups in total. The Labute approximate surface area is 125 Å². The molecule has 1 amide bonds. The van der Waals surface area contributed by atoms with Gasteiger partial charge in [0.1, 0.15) is 5.82 Å². The lowest BCUT2D eigenvalue weighted by molar-refractivity contribution is 0.0935. The third-order valence-electron chi connectivity index (χ3n) is 3.68. The Morgan fingerprint density at radius 3 is 2.48 bits per heavy atom. The molecule has 2 aromatic carbocycles. The van der Waals surface area contributed by atoms with Crippen molar-refractivity contribution in [3.05, 3.63) is 70.0 Å². The van der Waals surface area contributed by atoms with E-state index in [0.717, 1.165) is 11.1 Å². The van der Waals surface area contributed by atoms with Crippen LogP contribution < -0.4 is 5.32 Å². The fraction of sp³-hybridized carbons (Fsp3) is 0.278. The Morgan fingerprint density at radius 1 is 1.10 bits per heavy atom. The maximum absolute atomic E-state index is 14.0. The Morgan fingerprint density at radius 2 is 1.81 bits per heavy atom. The summed E-state index contributed by atoms with van der Waals surface area (Å²) in [5.74, 6) is -0.841. The van der Waals surface area contributed by atoms with Gasteiger partial charge < -0.3 is 5.32 Å². The summed E-state index contributed by atoms with van der Waals surface area (Å²) in [6.45, 7) is 7.60. The Balaban J connectivity index is 2.21. The zero-order valence-electron chi connectivity index (χ0n) is 12.8. The molecule has 110 valence electrons.